The maximum absolute atomic E-state index is 12.7. The van der Waals surface area contributed by atoms with E-state index in [2.05, 4.69) is 25.2 Å². The number of nitrogens with one attached hydrogen (secondary N) is 1. The average molecular weight is 394 g/mol. The Morgan fingerprint density at radius 1 is 1.14 bits per heavy atom. The molecule has 0 bridgehead atoms. The fourth-order valence-corrected chi connectivity index (χ4v) is 3.72. The van der Waals surface area contributed by atoms with E-state index in [0.29, 0.717) is 38.0 Å². The van der Waals surface area contributed by atoms with Gasteiger partial charge in [0, 0.05) is 25.2 Å². The van der Waals surface area contributed by atoms with Gasteiger partial charge in [-0.3, -0.25) is 9.59 Å². The molecule has 2 aromatic carbocycles. The van der Waals surface area contributed by atoms with Gasteiger partial charge >= 0.3 is 0 Å². The van der Waals surface area contributed by atoms with Gasteiger partial charge in [0.2, 0.25) is 11.8 Å². The molecule has 1 atom stereocenters. The van der Waals surface area contributed by atoms with Gasteiger partial charge in [-0.15, -0.1) is 0 Å². The predicted octanol–water partition coefficient (Wildman–Crippen LogP) is 3.25. The molecule has 152 valence electrons. The number of ether oxygens (including phenoxy) is 2. The number of rotatable bonds is 5. The van der Waals surface area contributed by atoms with Crippen LogP contribution >= 0.6 is 0 Å². The van der Waals surface area contributed by atoms with Crippen molar-refractivity contribution in [2.24, 2.45) is 5.92 Å². The maximum Gasteiger partial charge on any atom is 0.227 e. The number of carbonyl (C=O) groups is 2. The number of fused-ring (bicyclic) bond motifs is 1. The van der Waals surface area contributed by atoms with Crippen molar-refractivity contribution >= 4 is 17.5 Å². The molecule has 2 aliphatic rings. The first-order valence-corrected chi connectivity index (χ1v) is 10.1. The Labute approximate surface area is 170 Å². The standard InChI is InChI=1S/C23H26N2O4/c1-15(2)17-4-3-5-19(11-17)25-14-18(12-22(25)26)23(27)24-13-16-6-7-20-21(10-16)29-9-8-28-20/h3-7,10-11,15,18H,8-9,12-14H2,1-2H3,(H,24,27). The zero-order chi connectivity index (χ0) is 20.4. The lowest BCUT2D eigenvalue weighted by Crippen LogP contribution is -2.32. The van der Waals surface area contributed by atoms with Crippen LogP contribution in [0.5, 0.6) is 11.5 Å². The second-order valence-electron chi connectivity index (χ2n) is 7.85. The van der Waals surface area contributed by atoms with Crippen molar-refractivity contribution in [2.45, 2.75) is 32.7 Å². The summed E-state index contributed by atoms with van der Waals surface area (Å²) in [5.41, 5.74) is 2.98. The summed E-state index contributed by atoms with van der Waals surface area (Å²) in [6.07, 6.45) is 0.235. The highest BCUT2D eigenvalue weighted by Gasteiger charge is 2.35. The van der Waals surface area contributed by atoms with E-state index in [4.69, 9.17) is 9.47 Å². The minimum absolute atomic E-state index is 0.00890. The molecule has 0 spiro atoms. The third kappa shape index (κ3) is 4.21. The zero-order valence-electron chi connectivity index (χ0n) is 16.8. The van der Waals surface area contributed by atoms with Crippen LogP contribution in [0.2, 0.25) is 0 Å². The van der Waals surface area contributed by atoms with Crippen LogP contribution in [-0.4, -0.2) is 31.6 Å². The number of benzene rings is 2. The average Bonchev–Trinajstić information content (AvgIpc) is 3.13. The lowest BCUT2D eigenvalue weighted by atomic mass is 10.0. The van der Waals surface area contributed by atoms with Gasteiger partial charge in [0.1, 0.15) is 13.2 Å². The highest BCUT2D eigenvalue weighted by Crippen LogP contribution is 2.31. The molecular weight excluding hydrogens is 368 g/mol. The van der Waals surface area contributed by atoms with Crippen molar-refractivity contribution in [2.75, 3.05) is 24.7 Å². The maximum atomic E-state index is 12.7. The summed E-state index contributed by atoms with van der Waals surface area (Å²) in [6, 6.07) is 13.7. The topological polar surface area (TPSA) is 67.9 Å². The molecule has 1 N–H and O–H groups in total. The highest BCUT2D eigenvalue weighted by atomic mass is 16.6. The van der Waals surface area contributed by atoms with Crippen LogP contribution in [0.4, 0.5) is 5.69 Å². The second-order valence-corrected chi connectivity index (χ2v) is 7.85. The van der Waals surface area contributed by atoms with E-state index in [0.717, 1.165) is 17.0 Å². The van der Waals surface area contributed by atoms with Gasteiger partial charge in [-0.05, 0) is 41.3 Å². The molecule has 0 aliphatic carbocycles. The van der Waals surface area contributed by atoms with Crippen LogP contribution < -0.4 is 19.7 Å². The predicted molar refractivity (Wildman–Crippen MR) is 110 cm³/mol. The summed E-state index contributed by atoms with van der Waals surface area (Å²) in [5.74, 6) is 1.36. The number of hydrogen-bond acceptors (Lipinski definition) is 4. The molecule has 2 heterocycles. The molecule has 2 aromatic rings. The summed E-state index contributed by atoms with van der Waals surface area (Å²) in [6.45, 7) is 6.13. The van der Waals surface area contributed by atoms with Crippen molar-refractivity contribution in [1.29, 1.82) is 0 Å². The van der Waals surface area contributed by atoms with Crippen molar-refractivity contribution < 1.29 is 19.1 Å². The van der Waals surface area contributed by atoms with Crippen molar-refractivity contribution in [1.82, 2.24) is 5.32 Å². The summed E-state index contributed by atoms with van der Waals surface area (Å²) in [7, 11) is 0. The van der Waals surface area contributed by atoms with Gasteiger partial charge in [-0.2, -0.15) is 0 Å². The summed E-state index contributed by atoms with van der Waals surface area (Å²) < 4.78 is 11.1. The van der Waals surface area contributed by atoms with E-state index < -0.39 is 0 Å². The summed E-state index contributed by atoms with van der Waals surface area (Å²) in [5, 5.41) is 2.96. The monoisotopic (exact) mass is 394 g/mol. The Hall–Kier alpha value is -3.02. The quantitative estimate of drug-likeness (QED) is 0.845. The minimum atomic E-state index is -0.345. The van der Waals surface area contributed by atoms with Gasteiger partial charge in [0.05, 0.1) is 5.92 Å². The molecule has 6 heteroatoms. The van der Waals surface area contributed by atoms with Crippen LogP contribution in [0.3, 0.4) is 0 Å². The number of hydrogen-bond donors (Lipinski definition) is 1. The van der Waals surface area contributed by atoms with Crippen LogP contribution in [0.15, 0.2) is 42.5 Å². The molecule has 1 fully saturated rings. The fraction of sp³-hybridized carbons (Fsp3) is 0.391. The summed E-state index contributed by atoms with van der Waals surface area (Å²) >= 11 is 0. The molecule has 6 nitrogen and oxygen atoms in total. The number of carbonyl (C=O) groups excluding carboxylic acids is 2. The Morgan fingerprint density at radius 2 is 1.93 bits per heavy atom. The second kappa shape index (κ2) is 8.15. The Morgan fingerprint density at radius 3 is 2.72 bits per heavy atom. The van der Waals surface area contributed by atoms with E-state index in [9.17, 15) is 9.59 Å². The Kier molecular flexibility index (Phi) is 5.43. The minimum Gasteiger partial charge on any atom is -0.486 e. The SMILES string of the molecule is CC(C)c1cccc(N2CC(C(=O)NCc3ccc4c(c3)OCCO4)CC2=O)c1. The molecular formula is C23H26N2O4. The lowest BCUT2D eigenvalue weighted by molar-refractivity contribution is -0.126. The summed E-state index contributed by atoms with van der Waals surface area (Å²) in [4.78, 5) is 26.9. The molecule has 29 heavy (non-hydrogen) atoms. The molecule has 2 aliphatic heterocycles. The number of anilines is 1. The Balaban J connectivity index is 1.37. The van der Waals surface area contributed by atoms with E-state index >= 15 is 0 Å². The van der Waals surface area contributed by atoms with Gasteiger partial charge in [-0.25, -0.2) is 0 Å². The first-order valence-electron chi connectivity index (χ1n) is 10.1. The number of amides is 2. The van der Waals surface area contributed by atoms with Crippen molar-refractivity contribution in [3.8, 4) is 11.5 Å². The largest absolute Gasteiger partial charge is 0.486 e. The van der Waals surface area contributed by atoms with Gasteiger partial charge in [0.25, 0.3) is 0 Å². The molecule has 0 radical (unpaired) electrons. The highest BCUT2D eigenvalue weighted by molar-refractivity contribution is 6.00. The van der Waals surface area contributed by atoms with Gasteiger partial charge in [0.15, 0.2) is 11.5 Å². The zero-order valence-corrected chi connectivity index (χ0v) is 16.8. The van der Waals surface area contributed by atoms with Crippen LogP contribution in [0.25, 0.3) is 0 Å². The van der Waals surface area contributed by atoms with E-state index in [1.807, 2.05) is 36.4 Å². The lowest BCUT2D eigenvalue weighted by Gasteiger charge is -2.19. The fourth-order valence-electron chi connectivity index (χ4n) is 3.72. The van der Waals surface area contributed by atoms with Gasteiger partial charge < -0.3 is 19.7 Å². The van der Waals surface area contributed by atoms with E-state index in [1.165, 1.54) is 5.56 Å². The van der Waals surface area contributed by atoms with E-state index in [-0.39, 0.29) is 24.2 Å². The molecule has 0 aromatic heterocycles. The number of nitrogens with zero attached hydrogens (tertiary/aromatic N) is 1. The molecule has 0 saturated carbocycles. The van der Waals surface area contributed by atoms with Gasteiger partial charge in [-0.1, -0.05) is 32.0 Å². The molecule has 1 unspecified atom stereocenters. The Bertz CT molecular complexity index is 925. The molecule has 1 saturated heterocycles. The van der Waals surface area contributed by atoms with Crippen molar-refractivity contribution in [3.63, 3.8) is 0 Å². The first-order chi connectivity index (χ1) is 14.0. The molecule has 2 amide bonds. The van der Waals surface area contributed by atoms with Crippen LogP contribution in [-0.2, 0) is 16.1 Å². The van der Waals surface area contributed by atoms with Crippen LogP contribution in [0.1, 0.15) is 37.3 Å². The third-order valence-corrected chi connectivity index (χ3v) is 5.42. The van der Waals surface area contributed by atoms with Crippen molar-refractivity contribution in [3.05, 3.63) is 53.6 Å². The smallest absolute Gasteiger partial charge is 0.227 e. The third-order valence-electron chi connectivity index (χ3n) is 5.42. The van der Waals surface area contributed by atoms with E-state index in [1.54, 1.807) is 4.90 Å². The normalized spacial score (nSPS) is 18.2. The molecule has 4 rings (SSSR count). The first kappa shape index (κ1) is 19.3. The van der Waals surface area contributed by atoms with Crippen LogP contribution in [0, 0.1) is 5.92 Å².